The molecule has 0 unspecified atom stereocenters. The molecule has 0 saturated carbocycles. The molecule has 1 heterocycles. The summed E-state index contributed by atoms with van der Waals surface area (Å²) in [5, 5.41) is 0. The number of fused-ring (bicyclic) bond motifs is 1. The van der Waals surface area contributed by atoms with Crippen molar-refractivity contribution < 1.29 is 27.4 Å². The van der Waals surface area contributed by atoms with Crippen molar-refractivity contribution in [2.24, 2.45) is 0 Å². The van der Waals surface area contributed by atoms with Gasteiger partial charge in [0.15, 0.2) is 23.0 Å². The Kier molecular flexibility index (Phi) is 7.15. The minimum absolute atomic E-state index is 0.0941. The summed E-state index contributed by atoms with van der Waals surface area (Å²) in [5.41, 5.74) is 3.14. The van der Waals surface area contributed by atoms with Crippen LogP contribution in [0.2, 0.25) is 0 Å². The number of rotatable bonds is 9. The molecule has 0 bridgehead atoms. The van der Waals surface area contributed by atoms with Crippen molar-refractivity contribution in [2.45, 2.75) is 30.4 Å². The van der Waals surface area contributed by atoms with E-state index in [1.54, 1.807) is 50.6 Å². The fraction of sp³-hybridized carbons (Fsp3) is 0.200. The van der Waals surface area contributed by atoms with Crippen molar-refractivity contribution in [3.8, 4) is 23.0 Å². The summed E-state index contributed by atoms with van der Waals surface area (Å²) >= 11 is 0. The molecule has 0 amide bonds. The zero-order valence-electron chi connectivity index (χ0n) is 21.4. The van der Waals surface area contributed by atoms with Gasteiger partial charge in [-0.2, -0.15) is 0 Å². The van der Waals surface area contributed by atoms with E-state index in [1.807, 2.05) is 61.5 Å². The predicted molar refractivity (Wildman–Crippen MR) is 146 cm³/mol. The molecule has 2 atom stereocenters. The first kappa shape index (κ1) is 25.5. The molecule has 0 fully saturated rings. The second-order valence-corrected chi connectivity index (χ2v) is 10.7. The SMILES string of the molecule is COc1ccc([C@H]2Oc3c(OCc4ccccc4)cc(NS(=O)(=O)c4ccccc4)cc3[C@@H]2C)cc1OC. The van der Waals surface area contributed by atoms with Crippen molar-refractivity contribution in [3.05, 3.63) is 108 Å². The topological polar surface area (TPSA) is 83.1 Å². The Labute approximate surface area is 223 Å². The summed E-state index contributed by atoms with van der Waals surface area (Å²) in [6, 6.07) is 27.2. The Bertz CT molecular complexity index is 1520. The van der Waals surface area contributed by atoms with Crippen molar-refractivity contribution >= 4 is 15.7 Å². The molecule has 7 nitrogen and oxygen atoms in total. The number of ether oxygens (including phenoxy) is 4. The van der Waals surface area contributed by atoms with Crippen LogP contribution in [0.15, 0.2) is 95.9 Å². The molecular weight excluding hydrogens is 502 g/mol. The standard InChI is InChI=1S/C30H29NO6S/c1-20-25-17-23(31-38(32,33)24-12-8-5-9-13-24)18-28(36-19-21-10-6-4-7-11-21)30(25)37-29(20)22-14-15-26(34-2)27(16-22)35-3/h4-18,20,29,31H,19H2,1-3H3/t20-,29-/m0/s1. The largest absolute Gasteiger partial charge is 0.493 e. The Balaban J connectivity index is 1.51. The predicted octanol–water partition coefficient (Wildman–Crippen LogP) is 6.32. The number of methoxy groups -OCH3 is 2. The van der Waals surface area contributed by atoms with Gasteiger partial charge in [-0.15, -0.1) is 0 Å². The van der Waals surface area contributed by atoms with Gasteiger partial charge in [-0.1, -0.05) is 61.5 Å². The lowest BCUT2D eigenvalue weighted by molar-refractivity contribution is 0.201. The Morgan fingerprint density at radius 3 is 2.18 bits per heavy atom. The van der Waals surface area contributed by atoms with Crippen LogP contribution in [0, 0.1) is 0 Å². The number of sulfonamides is 1. The molecule has 1 N–H and O–H groups in total. The monoisotopic (exact) mass is 531 g/mol. The minimum atomic E-state index is -3.79. The summed E-state index contributed by atoms with van der Waals surface area (Å²) in [5.74, 6) is 2.20. The van der Waals surface area contributed by atoms with E-state index in [4.69, 9.17) is 18.9 Å². The van der Waals surface area contributed by atoms with Crippen LogP contribution in [0.3, 0.4) is 0 Å². The number of nitrogens with one attached hydrogen (secondary N) is 1. The van der Waals surface area contributed by atoms with Crippen LogP contribution in [-0.2, 0) is 16.6 Å². The minimum Gasteiger partial charge on any atom is -0.493 e. The molecule has 1 aliphatic heterocycles. The van der Waals surface area contributed by atoms with E-state index in [9.17, 15) is 8.42 Å². The Morgan fingerprint density at radius 2 is 1.50 bits per heavy atom. The van der Waals surface area contributed by atoms with E-state index in [0.717, 1.165) is 16.7 Å². The molecular formula is C30H29NO6S. The number of hydrogen-bond acceptors (Lipinski definition) is 6. The van der Waals surface area contributed by atoms with Crippen LogP contribution in [0.1, 0.15) is 35.6 Å². The molecule has 0 spiro atoms. The zero-order chi connectivity index (χ0) is 26.7. The van der Waals surface area contributed by atoms with Gasteiger partial charge < -0.3 is 18.9 Å². The van der Waals surface area contributed by atoms with Gasteiger partial charge >= 0.3 is 0 Å². The highest BCUT2D eigenvalue weighted by Crippen LogP contribution is 2.52. The molecule has 5 rings (SSSR count). The first-order valence-corrected chi connectivity index (χ1v) is 13.7. The first-order chi connectivity index (χ1) is 18.4. The van der Waals surface area contributed by atoms with Crippen molar-refractivity contribution in [3.63, 3.8) is 0 Å². The summed E-state index contributed by atoms with van der Waals surface area (Å²) < 4.78 is 52.4. The van der Waals surface area contributed by atoms with Crippen LogP contribution in [0.4, 0.5) is 5.69 Å². The second kappa shape index (κ2) is 10.7. The van der Waals surface area contributed by atoms with Gasteiger partial charge in [0.1, 0.15) is 12.7 Å². The van der Waals surface area contributed by atoms with Crippen LogP contribution in [0.25, 0.3) is 0 Å². The van der Waals surface area contributed by atoms with Gasteiger partial charge in [0, 0.05) is 17.5 Å². The summed E-state index contributed by atoms with van der Waals surface area (Å²) in [6.45, 7) is 2.35. The van der Waals surface area contributed by atoms with Gasteiger partial charge in [-0.3, -0.25) is 4.72 Å². The summed E-state index contributed by atoms with van der Waals surface area (Å²) in [4.78, 5) is 0.180. The Hall–Kier alpha value is -4.17. The zero-order valence-corrected chi connectivity index (χ0v) is 22.2. The van der Waals surface area contributed by atoms with E-state index in [1.165, 1.54) is 0 Å². The Morgan fingerprint density at radius 1 is 0.816 bits per heavy atom. The molecule has 38 heavy (non-hydrogen) atoms. The van der Waals surface area contributed by atoms with Gasteiger partial charge in [0.2, 0.25) is 0 Å². The van der Waals surface area contributed by atoms with E-state index in [-0.39, 0.29) is 16.9 Å². The smallest absolute Gasteiger partial charge is 0.261 e. The quantitative estimate of drug-likeness (QED) is 0.272. The third-order valence-electron chi connectivity index (χ3n) is 6.55. The maximum absolute atomic E-state index is 13.1. The van der Waals surface area contributed by atoms with Crippen LogP contribution < -0.4 is 23.7 Å². The van der Waals surface area contributed by atoms with Crippen LogP contribution in [-0.4, -0.2) is 22.6 Å². The summed E-state index contributed by atoms with van der Waals surface area (Å²) in [7, 11) is -0.604. The van der Waals surface area contributed by atoms with E-state index in [2.05, 4.69) is 4.72 Å². The normalized spacial score (nSPS) is 16.3. The number of benzene rings is 4. The third-order valence-corrected chi connectivity index (χ3v) is 7.95. The highest BCUT2D eigenvalue weighted by Gasteiger charge is 2.36. The molecule has 1 aliphatic rings. The van der Waals surface area contributed by atoms with Gasteiger partial charge in [-0.25, -0.2) is 8.42 Å². The van der Waals surface area contributed by atoms with E-state index < -0.39 is 10.0 Å². The summed E-state index contributed by atoms with van der Waals surface area (Å²) in [6.07, 6.45) is -0.329. The molecule has 0 aliphatic carbocycles. The average molecular weight is 532 g/mol. The van der Waals surface area contributed by atoms with Crippen LogP contribution in [0.5, 0.6) is 23.0 Å². The molecule has 4 aromatic carbocycles. The van der Waals surface area contributed by atoms with Gasteiger partial charge in [0.25, 0.3) is 10.0 Å². The second-order valence-electron chi connectivity index (χ2n) is 9.03. The van der Waals surface area contributed by atoms with Gasteiger partial charge in [-0.05, 0) is 41.5 Å². The maximum atomic E-state index is 13.1. The lowest BCUT2D eigenvalue weighted by Crippen LogP contribution is -2.13. The fourth-order valence-electron chi connectivity index (χ4n) is 4.58. The lowest BCUT2D eigenvalue weighted by atomic mass is 9.92. The fourth-order valence-corrected chi connectivity index (χ4v) is 5.64. The van der Waals surface area contributed by atoms with Crippen molar-refractivity contribution in [1.29, 1.82) is 0 Å². The number of hydrogen-bond donors (Lipinski definition) is 1. The molecule has 0 saturated heterocycles. The molecule has 0 aromatic heterocycles. The molecule has 8 heteroatoms. The van der Waals surface area contributed by atoms with E-state index in [0.29, 0.717) is 35.3 Å². The van der Waals surface area contributed by atoms with Crippen molar-refractivity contribution in [1.82, 2.24) is 0 Å². The first-order valence-electron chi connectivity index (χ1n) is 12.2. The van der Waals surface area contributed by atoms with Gasteiger partial charge in [0.05, 0.1) is 24.8 Å². The van der Waals surface area contributed by atoms with E-state index >= 15 is 0 Å². The highest BCUT2D eigenvalue weighted by molar-refractivity contribution is 7.92. The molecule has 0 radical (unpaired) electrons. The lowest BCUT2D eigenvalue weighted by Gasteiger charge is -2.18. The molecule has 196 valence electrons. The third kappa shape index (κ3) is 5.13. The number of anilines is 1. The maximum Gasteiger partial charge on any atom is 0.261 e. The molecule has 4 aromatic rings. The average Bonchev–Trinajstić information content (AvgIpc) is 3.28. The van der Waals surface area contributed by atoms with Crippen LogP contribution >= 0.6 is 0 Å². The highest BCUT2D eigenvalue weighted by atomic mass is 32.2. The van der Waals surface area contributed by atoms with Crippen molar-refractivity contribution in [2.75, 3.05) is 18.9 Å².